The quantitative estimate of drug-likeness (QED) is 0.643. The van der Waals surface area contributed by atoms with Crippen LogP contribution in [0.25, 0.3) is 0 Å². The number of amides is 1. The summed E-state index contributed by atoms with van der Waals surface area (Å²) in [6.07, 6.45) is 3.73. The second kappa shape index (κ2) is 7.71. The van der Waals surface area contributed by atoms with Gasteiger partial charge in [0.05, 0.1) is 6.04 Å². The molecule has 0 radical (unpaired) electrons. The minimum Gasteiger partial charge on any atom is -0.508 e. The lowest BCUT2D eigenvalue weighted by Gasteiger charge is -2.12. The number of hydrogen-bond donors (Lipinski definition) is 3. The van der Waals surface area contributed by atoms with Gasteiger partial charge in [-0.1, -0.05) is 31.9 Å². The summed E-state index contributed by atoms with van der Waals surface area (Å²) in [6.45, 7) is 2.81. The van der Waals surface area contributed by atoms with Gasteiger partial charge in [-0.15, -0.1) is 0 Å². The normalized spacial score (nSPS) is 12.1. The predicted molar refractivity (Wildman–Crippen MR) is 72.3 cm³/mol. The van der Waals surface area contributed by atoms with Crippen LogP contribution < -0.4 is 11.1 Å². The van der Waals surface area contributed by atoms with Gasteiger partial charge in [0.2, 0.25) is 5.91 Å². The molecule has 0 aliphatic rings. The van der Waals surface area contributed by atoms with Crippen molar-refractivity contribution >= 4 is 5.91 Å². The van der Waals surface area contributed by atoms with Crippen LogP contribution in [0.4, 0.5) is 0 Å². The maximum absolute atomic E-state index is 11.7. The van der Waals surface area contributed by atoms with Gasteiger partial charge in [-0.25, -0.2) is 0 Å². The van der Waals surface area contributed by atoms with E-state index in [1.165, 1.54) is 0 Å². The molecule has 100 valence electrons. The smallest absolute Gasteiger partial charge is 0.237 e. The molecule has 4 nitrogen and oxygen atoms in total. The Morgan fingerprint density at radius 3 is 2.61 bits per heavy atom. The van der Waals surface area contributed by atoms with Crippen molar-refractivity contribution in [1.29, 1.82) is 0 Å². The molecule has 1 aromatic carbocycles. The number of hydrogen-bond acceptors (Lipinski definition) is 3. The number of aromatic hydroxyl groups is 1. The Labute approximate surface area is 108 Å². The van der Waals surface area contributed by atoms with Gasteiger partial charge in [0.15, 0.2) is 0 Å². The molecule has 0 fully saturated rings. The number of phenolic OH excluding ortho intramolecular Hbond substituents is 1. The van der Waals surface area contributed by atoms with Gasteiger partial charge in [0, 0.05) is 6.54 Å². The zero-order valence-corrected chi connectivity index (χ0v) is 10.9. The zero-order chi connectivity index (χ0) is 13.4. The van der Waals surface area contributed by atoms with Crippen LogP contribution in [0.2, 0.25) is 0 Å². The first-order valence-corrected chi connectivity index (χ1v) is 6.44. The average Bonchev–Trinajstić information content (AvgIpc) is 2.37. The first-order valence-electron chi connectivity index (χ1n) is 6.44. The van der Waals surface area contributed by atoms with Crippen molar-refractivity contribution in [1.82, 2.24) is 5.32 Å². The van der Waals surface area contributed by atoms with Crippen molar-refractivity contribution in [2.75, 3.05) is 6.54 Å². The van der Waals surface area contributed by atoms with E-state index in [-0.39, 0.29) is 11.7 Å². The molecular formula is C14H22N2O2. The van der Waals surface area contributed by atoms with E-state index >= 15 is 0 Å². The third-order valence-corrected chi connectivity index (χ3v) is 2.81. The van der Waals surface area contributed by atoms with Crippen LogP contribution >= 0.6 is 0 Å². The molecule has 1 rings (SSSR count). The fourth-order valence-electron chi connectivity index (χ4n) is 1.70. The lowest BCUT2D eigenvalue weighted by Crippen LogP contribution is -2.42. The second-order valence-electron chi connectivity index (χ2n) is 4.48. The van der Waals surface area contributed by atoms with E-state index in [2.05, 4.69) is 12.2 Å². The molecule has 18 heavy (non-hydrogen) atoms. The van der Waals surface area contributed by atoms with Crippen molar-refractivity contribution in [2.45, 2.75) is 38.6 Å². The van der Waals surface area contributed by atoms with E-state index in [1.807, 2.05) is 0 Å². The van der Waals surface area contributed by atoms with Crippen molar-refractivity contribution in [3.63, 3.8) is 0 Å². The molecule has 0 aromatic heterocycles. The molecule has 0 saturated carbocycles. The Hall–Kier alpha value is -1.55. The fraction of sp³-hybridized carbons (Fsp3) is 0.500. The number of carbonyl (C=O) groups excluding carboxylic acids is 1. The van der Waals surface area contributed by atoms with Gasteiger partial charge in [0.1, 0.15) is 5.75 Å². The summed E-state index contributed by atoms with van der Waals surface area (Å²) in [5.41, 5.74) is 6.78. The lowest BCUT2D eigenvalue weighted by molar-refractivity contribution is -0.122. The maximum atomic E-state index is 11.7. The topological polar surface area (TPSA) is 75.4 Å². The first-order chi connectivity index (χ1) is 8.63. The molecular weight excluding hydrogens is 228 g/mol. The predicted octanol–water partition coefficient (Wildman–Crippen LogP) is 1.57. The molecule has 1 atom stereocenters. The van der Waals surface area contributed by atoms with Crippen molar-refractivity contribution in [3.8, 4) is 5.75 Å². The number of phenols is 1. The van der Waals surface area contributed by atoms with Crippen LogP contribution in [0.3, 0.4) is 0 Å². The van der Waals surface area contributed by atoms with E-state index in [1.54, 1.807) is 24.3 Å². The number of unbranched alkanes of at least 4 members (excludes halogenated alkanes) is 2. The molecule has 0 heterocycles. The van der Waals surface area contributed by atoms with E-state index in [0.717, 1.165) is 24.8 Å². The third-order valence-electron chi connectivity index (χ3n) is 2.81. The SMILES string of the molecule is CCCCCNC(=O)[C@@H](N)Cc1ccc(O)cc1. The molecule has 0 spiro atoms. The number of nitrogens with one attached hydrogen (secondary N) is 1. The summed E-state index contributed by atoms with van der Waals surface area (Å²) < 4.78 is 0. The maximum Gasteiger partial charge on any atom is 0.237 e. The van der Waals surface area contributed by atoms with Gasteiger partial charge in [-0.05, 0) is 30.5 Å². The van der Waals surface area contributed by atoms with Crippen molar-refractivity contribution < 1.29 is 9.90 Å². The second-order valence-corrected chi connectivity index (χ2v) is 4.48. The summed E-state index contributed by atoms with van der Waals surface area (Å²) in [5, 5.41) is 12.0. The standard InChI is InChI=1S/C14H22N2O2/c1-2-3-4-9-16-14(18)13(15)10-11-5-7-12(17)8-6-11/h5-8,13,17H,2-4,9-10,15H2,1H3,(H,16,18)/t13-/m0/s1. The molecule has 4 N–H and O–H groups in total. The number of nitrogens with two attached hydrogens (primary N) is 1. The number of benzene rings is 1. The van der Waals surface area contributed by atoms with Crippen LogP contribution in [-0.4, -0.2) is 23.6 Å². The average molecular weight is 250 g/mol. The van der Waals surface area contributed by atoms with Crippen LogP contribution in [-0.2, 0) is 11.2 Å². The highest BCUT2D eigenvalue weighted by Crippen LogP contribution is 2.10. The first kappa shape index (κ1) is 14.5. The Balaban J connectivity index is 2.33. The molecule has 0 aliphatic heterocycles. The highest BCUT2D eigenvalue weighted by Gasteiger charge is 2.13. The van der Waals surface area contributed by atoms with E-state index in [9.17, 15) is 4.79 Å². The van der Waals surface area contributed by atoms with Gasteiger partial charge >= 0.3 is 0 Å². The summed E-state index contributed by atoms with van der Waals surface area (Å²) in [6, 6.07) is 6.22. The molecule has 0 bridgehead atoms. The molecule has 0 unspecified atom stereocenters. The number of carbonyl (C=O) groups is 1. The van der Waals surface area contributed by atoms with Gasteiger partial charge in [-0.3, -0.25) is 4.79 Å². The summed E-state index contributed by atoms with van der Waals surface area (Å²) >= 11 is 0. The summed E-state index contributed by atoms with van der Waals surface area (Å²) in [7, 11) is 0. The Morgan fingerprint density at radius 2 is 2.00 bits per heavy atom. The Kier molecular flexibility index (Phi) is 6.22. The van der Waals surface area contributed by atoms with Crippen molar-refractivity contribution in [2.24, 2.45) is 5.73 Å². The summed E-state index contributed by atoms with van der Waals surface area (Å²) in [5.74, 6) is 0.107. The highest BCUT2D eigenvalue weighted by molar-refractivity contribution is 5.81. The molecule has 4 heteroatoms. The van der Waals surface area contributed by atoms with Crippen LogP contribution in [0.1, 0.15) is 31.7 Å². The number of rotatable bonds is 7. The largest absolute Gasteiger partial charge is 0.508 e. The van der Waals surface area contributed by atoms with Crippen LogP contribution in [0, 0.1) is 0 Å². The lowest BCUT2D eigenvalue weighted by atomic mass is 10.1. The monoisotopic (exact) mass is 250 g/mol. The van der Waals surface area contributed by atoms with E-state index in [4.69, 9.17) is 10.8 Å². The van der Waals surface area contributed by atoms with Crippen molar-refractivity contribution in [3.05, 3.63) is 29.8 Å². The van der Waals surface area contributed by atoms with Gasteiger partial charge in [0.25, 0.3) is 0 Å². The minimum atomic E-state index is -0.531. The fourth-order valence-corrected chi connectivity index (χ4v) is 1.70. The molecule has 0 saturated heterocycles. The van der Waals surface area contributed by atoms with Gasteiger partial charge in [-0.2, -0.15) is 0 Å². The minimum absolute atomic E-state index is 0.112. The summed E-state index contributed by atoms with van der Waals surface area (Å²) in [4.78, 5) is 11.7. The Morgan fingerprint density at radius 1 is 1.33 bits per heavy atom. The van der Waals surface area contributed by atoms with Crippen LogP contribution in [0.15, 0.2) is 24.3 Å². The van der Waals surface area contributed by atoms with Gasteiger partial charge < -0.3 is 16.2 Å². The Bertz CT molecular complexity index is 363. The molecule has 0 aliphatic carbocycles. The zero-order valence-electron chi connectivity index (χ0n) is 10.9. The molecule has 1 amide bonds. The highest BCUT2D eigenvalue weighted by atomic mass is 16.3. The van der Waals surface area contributed by atoms with E-state index < -0.39 is 6.04 Å². The molecule has 1 aromatic rings. The third kappa shape index (κ3) is 5.19. The van der Waals surface area contributed by atoms with Crippen LogP contribution in [0.5, 0.6) is 5.75 Å². The van der Waals surface area contributed by atoms with E-state index in [0.29, 0.717) is 13.0 Å².